The van der Waals surface area contributed by atoms with Crippen molar-refractivity contribution in [1.29, 1.82) is 0 Å². The van der Waals surface area contributed by atoms with E-state index in [-0.39, 0.29) is 16.8 Å². The van der Waals surface area contributed by atoms with E-state index < -0.39 is 0 Å². The molecule has 22 heavy (non-hydrogen) atoms. The topological polar surface area (TPSA) is 54.3 Å². The Bertz CT molecular complexity index is 827. The predicted octanol–water partition coefficient (Wildman–Crippen LogP) is 4.32. The number of benzene rings is 2. The monoisotopic (exact) mass is 374 g/mol. The molecule has 0 fully saturated rings. The molecule has 0 bridgehead atoms. The molecule has 0 aliphatic rings. The van der Waals surface area contributed by atoms with Crippen molar-refractivity contribution in [2.75, 3.05) is 5.32 Å². The summed E-state index contributed by atoms with van der Waals surface area (Å²) in [6, 6.07) is 16.6. The summed E-state index contributed by atoms with van der Waals surface area (Å²) in [4.78, 5) is 12.1. The number of rotatable bonds is 2. The number of carbonyl (C=O) groups excluding carboxylic acids is 1. The van der Waals surface area contributed by atoms with Crippen LogP contribution in [-0.2, 0) is 0 Å². The van der Waals surface area contributed by atoms with Gasteiger partial charge in [-0.3, -0.25) is 10.1 Å². The second-order valence-corrected chi connectivity index (χ2v) is 5.89. The molecule has 1 aromatic heterocycles. The van der Waals surface area contributed by atoms with Gasteiger partial charge in [0, 0.05) is 15.5 Å². The first kappa shape index (κ1) is 14.7. The molecule has 0 atom stereocenters. The van der Waals surface area contributed by atoms with Crippen LogP contribution in [0.15, 0.2) is 63.5 Å². The molecule has 3 rings (SSSR count). The van der Waals surface area contributed by atoms with Gasteiger partial charge in [0.2, 0.25) is 0 Å². The summed E-state index contributed by atoms with van der Waals surface area (Å²) in [6.07, 6.45) is 0. The highest BCUT2D eigenvalue weighted by Gasteiger charge is 2.13. The Morgan fingerprint density at radius 2 is 1.91 bits per heavy atom. The number of halogens is 1. The van der Waals surface area contributed by atoms with E-state index in [1.165, 1.54) is 0 Å². The van der Waals surface area contributed by atoms with Gasteiger partial charge in [-0.05, 0) is 42.5 Å². The molecule has 1 amide bonds. The maximum absolute atomic E-state index is 12.1. The zero-order valence-electron chi connectivity index (χ0n) is 11.3. The molecule has 2 aromatic carbocycles. The van der Waals surface area contributed by atoms with Crippen LogP contribution in [0.4, 0.5) is 5.69 Å². The molecular formula is C16H11BrN2O2S. The van der Waals surface area contributed by atoms with E-state index in [1.54, 1.807) is 6.07 Å². The third kappa shape index (κ3) is 3.35. The Hall–Kier alpha value is -2.18. The SMILES string of the molecule is O=C(NC(=S)Nc1cccc(Br)c1)c1cc2ccccc2o1. The van der Waals surface area contributed by atoms with Crippen molar-refractivity contribution >= 4 is 55.8 Å². The van der Waals surface area contributed by atoms with E-state index in [9.17, 15) is 4.79 Å². The number of para-hydroxylation sites is 1. The van der Waals surface area contributed by atoms with Gasteiger partial charge < -0.3 is 9.73 Å². The van der Waals surface area contributed by atoms with Crippen molar-refractivity contribution in [1.82, 2.24) is 5.32 Å². The smallest absolute Gasteiger partial charge is 0.293 e. The zero-order chi connectivity index (χ0) is 15.5. The van der Waals surface area contributed by atoms with Gasteiger partial charge in [-0.15, -0.1) is 0 Å². The van der Waals surface area contributed by atoms with Crippen LogP contribution in [0.1, 0.15) is 10.6 Å². The minimum absolute atomic E-state index is 0.212. The fourth-order valence-corrected chi connectivity index (χ4v) is 2.60. The molecule has 0 aliphatic carbocycles. The highest BCUT2D eigenvalue weighted by molar-refractivity contribution is 9.10. The van der Waals surface area contributed by atoms with Crippen LogP contribution >= 0.6 is 28.1 Å². The van der Waals surface area contributed by atoms with Crippen LogP contribution in [0.3, 0.4) is 0 Å². The van der Waals surface area contributed by atoms with Gasteiger partial charge in [0.25, 0.3) is 5.91 Å². The molecule has 3 aromatic rings. The average Bonchev–Trinajstić information content (AvgIpc) is 2.91. The largest absolute Gasteiger partial charge is 0.451 e. The molecule has 0 saturated carbocycles. The van der Waals surface area contributed by atoms with Gasteiger partial charge in [0.1, 0.15) is 5.58 Å². The van der Waals surface area contributed by atoms with Crippen LogP contribution in [-0.4, -0.2) is 11.0 Å². The van der Waals surface area contributed by atoms with Gasteiger partial charge in [0.15, 0.2) is 10.9 Å². The van der Waals surface area contributed by atoms with E-state index in [0.29, 0.717) is 5.58 Å². The third-order valence-corrected chi connectivity index (χ3v) is 3.66. The van der Waals surface area contributed by atoms with Gasteiger partial charge in [-0.2, -0.15) is 0 Å². The summed E-state index contributed by atoms with van der Waals surface area (Å²) >= 11 is 8.51. The van der Waals surface area contributed by atoms with Gasteiger partial charge in [-0.1, -0.05) is 40.2 Å². The molecular weight excluding hydrogens is 364 g/mol. The fourth-order valence-electron chi connectivity index (χ4n) is 1.99. The Morgan fingerprint density at radius 1 is 1.09 bits per heavy atom. The number of anilines is 1. The molecule has 4 nitrogen and oxygen atoms in total. The zero-order valence-corrected chi connectivity index (χ0v) is 13.7. The molecule has 110 valence electrons. The minimum Gasteiger partial charge on any atom is -0.451 e. The maximum Gasteiger partial charge on any atom is 0.293 e. The van der Waals surface area contributed by atoms with E-state index in [1.807, 2.05) is 48.5 Å². The molecule has 2 N–H and O–H groups in total. The van der Waals surface area contributed by atoms with E-state index in [2.05, 4.69) is 26.6 Å². The Balaban J connectivity index is 1.69. The average molecular weight is 375 g/mol. The first-order chi connectivity index (χ1) is 10.6. The fraction of sp³-hybridized carbons (Fsp3) is 0. The normalized spacial score (nSPS) is 10.4. The highest BCUT2D eigenvalue weighted by Crippen LogP contribution is 2.19. The maximum atomic E-state index is 12.1. The van der Waals surface area contributed by atoms with Crippen molar-refractivity contribution in [2.45, 2.75) is 0 Å². The summed E-state index contributed by atoms with van der Waals surface area (Å²) < 4.78 is 6.41. The lowest BCUT2D eigenvalue weighted by molar-refractivity contribution is 0.0953. The first-order valence-electron chi connectivity index (χ1n) is 6.48. The van der Waals surface area contributed by atoms with Crippen LogP contribution < -0.4 is 10.6 Å². The van der Waals surface area contributed by atoms with Crippen molar-refractivity contribution in [3.05, 3.63) is 64.8 Å². The van der Waals surface area contributed by atoms with E-state index in [0.717, 1.165) is 15.5 Å². The molecule has 6 heteroatoms. The number of nitrogens with one attached hydrogen (secondary N) is 2. The van der Waals surface area contributed by atoms with Crippen molar-refractivity contribution < 1.29 is 9.21 Å². The number of thiocarbonyl (C=S) groups is 1. The third-order valence-electron chi connectivity index (χ3n) is 2.96. The predicted molar refractivity (Wildman–Crippen MR) is 94.0 cm³/mol. The van der Waals surface area contributed by atoms with Gasteiger partial charge in [-0.25, -0.2) is 0 Å². The number of carbonyl (C=O) groups is 1. The summed E-state index contributed by atoms with van der Waals surface area (Å²) in [5.74, 6) is -0.164. The van der Waals surface area contributed by atoms with E-state index in [4.69, 9.17) is 16.6 Å². The summed E-state index contributed by atoms with van der Waals surface area (Å²) in [5.41, 5.74) is 1.45. The Morgan fingerprint density at radius 3 is 2.68 bits per heavy atom. The first-order valence-corrected chi connectivity index (χ1v) is 7.68. The van der Waals surface area contributed by atoms with Crippen molar-refractivity contribution in [2.24, 2.45) is 0 Å². The number of furan rings is 1. The van der Waals surface area contributed by atoms with Gasteiger partial charge >= 0.3 is 0 Å². The van der Waals surface area contributed by atoms with Crippen molar-refractivity contribution in [3.63, 3.8) is 0 Å². The molecule has 0 aliphatic heterocycles. The minimum atomic E-state index is -0.385. The standard InChI is InChI=1S/C16H11BrN2O2S/c17-11-5-3-6-12(9-11)18-16(22)19-15(20)14-8-10-4-1-2-7-13(10)21-14/h1-9H,(H2,18,19,20,22). The summed E-state index contributed by atoms with van der Waals surface area (Å²) in [5, 5.41) is 6.63. The molecule has 1 heterocycles. The number of amides is 1. The van der Waals surface area contributed by atoms with Gasteiger partial charge in [0.05, 0.1) is 0 Å². The lowest BCUT2D eigenvalue weighted by Gasteiger charge is -2.08. The number of hydrogen-bond acceptors (Lipinski definition) is 3. The summed E-state index contributed by atoms with van der Waals surface area (Å²) in [7, 11) is 0. The molecule has 0 unspecified atom stereocenters. The second-order valence-electron chi connectivity index (χ2n) is 4.57. The van der Waals surface area contributed by atoms with Crippen LogP contribution in [0.2, 0.25) is 0 Å². The molecule has 0 saturated heterocycles. The second kappa shape index (κ2) is 6.29. The van der Waals surface area contributed by atoms with E-state index >= 15 is 0 Å². The van der Waals surface area contributed by atoms with Crippen molar-refractivity contribution in [3.8, 4) is 0 Å². The highest BCUT2D eigenvalue weighted by atomic mass is 79.9. The van der Waals surface area contributed by atoms with Crippen LogP contribution in [0.5, 0.6) is 0 Å². The number of hydrogen-bond donors (Lipinski definition) is 2. The molecule has 0 radical (unpaired) electrons. The molecule has 0 spiro atoms. The Kier molecular flexibility index (Phi) is 4.22. The summed E-state index contributed by atoms with van der Waals surface area (Å²) in [6.45, 7) is 0. The lowest BCUT2D eigenvalue weighted by atomic mass is 10.2. The van der Waals surface area contributed by atoms with Crippen LogP contribution in [0, 0.1) is 0 Å². The lowest BCUT2D eigenvalue weighted by Crippen LogP contribution is -2.33. The quantitative estimate of drug-likeness (QED) is 0.655. The Labute approximate surface area is 140 Å². The number of fused-ring (bicyclic) bond motifs is 1. The van der Waals surface area contributed by atoms with Crippen LogP contribution in [0.25, 0.3) is 11.0 Å².